The highest BCUT2D eigenvalue weighted by atomic mass is 19.1. The number of nitrogens with zero attached hydrogens (tertiary/aromatic N) is 1. The number of benzene rings is 1. The van der Waals surface area contributed by atoms with Crippen molar-refractivity contribution >= 4 is 29.0 Å². The summed E-state index contributed by atoms with van der Waals surface area (Å²) >= 11 is 0. The molecule has 3 aliphatic rings. The highest BCUT2D eigenvalue weighted by Crippen LogP contribution is 2.51. The van der Waals surface area contributed by atoms with Gasteiger partial charge in [-0.25, -0.2) is 4.39 Å². The van der Waals surface area contributed by atoms with Gasteiger partial charge in [0.2, 0.25) is 5.91 Å². The van der Waals surface area contributed by atoms with Crippen LogP contribution in [0.4, 0.5) is 4.39 Å². The molecule has 4 rings (SSSR count). The maximum atomic E-state index is 15.8. The van der Waals surface area contributed by atoms with Crippen molar-refractivity contribution in [2.75, 3.05) is 14.1 Å². The van der Waals surface area contributed by atoms with Crippen LogP contribution in [-0.2, 0) is 32.1 Å². The molecule has 0 bridgehead atoms. The van der Waals surface area contributed by atoms with Crippen molar-refractivity contribution in [3.8, 4) is 5.75 Å². The number of halogens is 1. The number of fused-ring (bicyclic) bond motifs is 3. The number of ketones is 4. The van der Waals surface area contributed by atoms with Gasteiger partial charge in [0.25, 0.3) is 0 Å². The van der Waals surface area contributed by atoms with Gasteiger partial charge in [-0.05, 0) is 51.3 Å². The monoisotopic (exact) mass is 545 g/mol. The number of phenols is 1. The molecule has 2 saturated carbocycles. The number of carbonyl (C=O) groups is 5. The zero-order valence-electron chi connectivity index (χ0n) is 23.0. The number of primary amides is 1. The lowest BCUT2D eigenvalue weighted by atomic mass is 9.52. The molecule has 1 aromatic rings. The van der Waals surface area contributed by atoms with Crippen molar-refractivity contribution in [1.29, 1.82) is 0 Å². The van der Waals surface area contributed by atoms with Gasteiger partial charge in [0.05, 0.1) is 17.5 Å². The van der Waals surface area contributed by atoms with E-state index in [2.05, 4.69) is 5.32 Å². The summed E-state index contributed by atoms with van der Waals surface area (Å²) in [5, 5.41) is 25.6. The van der Waals surface area contributed by atoms with Crippen LogP contribution in [0.3, 0.4) is 0 Å². The Balaban J connectivity index is 1.77. The summed E-state index contributed by atoms with van der Waals surface area (Å²) in [6.07, 6.45) is -0.248. The molecule has 10 nitrogen and oxygen atoms in total. The van der Waals surface area contributed by atoms with Crippen LogP contribution >= 0.6 is 0 Å². The molecular weight excluding hydrogens is 509 g/mol. The summed E-state index contributed by atoms with van der Waals surface area (Å²) in [5.41, 5.74) is 2.16. The Bertz CT molecular complexity index is 1290. The third kappa shape index (κ3) is 4.31. The summed E-state index contributed by atoms with van der Waals surface area (Å²) < 4.78 is 15.8. The minimum atomic E-state index is -2.81. The van der Waals surface area contributed by atoms with Gasteiger partial charge in [-0.15, -0.1) is 0 Å². The smallest absolute Gasteiger partial charge is 0.235 e. The summed E-state index contributed by atoms with van der Waals surface area (Å²) in [6.45, 7) is 8.13. The van der Waals surface area contributed by atoms with E-state index in [4.69, 9.17) is 5.73 Å². The van der Waals surface area contributed by atoms with Crippen molar-refractivity contribution < 1.29 is 38.6 Å². The number of carbonyl (C=O) groups excluding carboxylic acids is 5. The SMILES string of the molecule is C[C@@H](NCc1cc(O)c2c(c1F)C[C@H]1C[C@H]3[C@H](N(C)C)C(=O)C(C(N)=O)C(=O)[C@@]3(O)C(=O)C1C2=O)C(C)(C)C. The first kappa shape index (κ1) is 29.0. The number of aromatic hydroxyl groups is 1. The zero-order chi connectivity index (χ0) is 29.4. The van der Waals surface area contributed by atoms with Gasteiger partial charge in [-0.3, -0.25) is 28.9 Å². The highest BCUT2D eigenvalue weighted by Gasteiger charge is 2.69. The van der Waals surface area contributed by atoms with Gasteiger partial charge >= 0.3 is 0 Å². The second-order valence-electron chi connectivity index (χ2n) is 12.5. The fraction of sp³-hybridized carbons (Fsp3) is 0.607. The maximum absolute atomic E-state index is 15.8. The molecule has 11 heteroatoms. The molecule has 0 aliphatic heterocycles. The third-order valence-corrected chi connectivity index (χ3v) is 8.97. The molecule has 2 unspecified atom stereocenters. The minimum Gasteiger partial charge on any atom is -0.507 e. The van der Waals surface area contributed by atoms with Gasteiger partial charge in [-0.1, -0.05) is 20.8 Å². The number of hydrogen-bond donors (Lipinski definition) is 4. The Morgan fingerprint density at radius 1 is 1.23 bits per heavy atom. The van der Waals surface area contributed by atoms with E-state index >= 15 is 4.39 Å². The number of phenolic OH excluding ortho intramolecular Hbond substituents is 1. The van der Waals surface area contributed by atoms with Crippen LogP contribution in [0.15, 0.2) is 6.07 Å². The zero-order valence-corrected chi connectivity index (χ0v) is 23.0. The molecule has 0 spiro atoms. The molecule has 0 aromatic heterocycles. The second-order valence-corrected chi connectivity index (χ2v) is 12.5. The van der Waals surface area contributed by atoms with Crippen LogP contribution in [-0.4, -0.2) is 75.9 Å². The van der Waals surface area contributed by atoms with E-state index in [1.54, 1.807) is 0 Å². The lowest BCUT2D eigenvalue weighted by Crippen LogP contribution is -2.74. The lowest BCUT2D eigenvalue weighted by molar-refractivity contribution is -0.181. The van der Waals surface area contributed by atoms with E-state index in [1.165, 1.54) is 19.0 Å². The Labute approximate surface area is 226 Å². The Hall–Kier alpha value is -3.02. The van der Waals surface area contributed by atoms with E-state index in [9.17, 15) is 34.2 Å². The van der Waals surface area contributed by atoms with Crippen molar-refractivity contribution in [2.45, 2.75) is 64.8 Å². The Morgan fingerprint density at radius 2 is 1.85 bits per heavy atom. The molecule has 1 aromatic carbocycles. The molecule has 39 heavy (non-hydrogen) atoms. The number of nitrogens with one attached hydrogen (secondary N) is 1. The summed E-state index contributed by atoms with van der Waals surface area (Å²) in [5.74, 6) is -12.4. The average Bonchev–Trinajstić information content (AvgIpc) is 2.81. The van der Waals surface area contributed by atoms with Crippen molar-refractivity contribution in [1.82, 2.24) is 10.2 Å². The van der Waals surface area contributed by atoms with E-state index < -0.39 is 75.9 Å². The van der Waals surface area contributed by atoms with E-state index in [0.29, 0.717) is 0 Å². The Kier molecular flexibility index (Phi) is 7.11. The van der Waals surface area contributed by atoms with Crippen molar-refractivity contribution in [3.05, 3.63) is 28.6 Å². The van der Waals surface area contributed by atoms with Gasteiger partial charge in [0.1, 0.15) is 11.6 Å². The predicted molar refractivity (Wildman–Crippen MR) is 137 cm³/mol. The first-order valence-electron chi connectivity index (χ1n) is 13.1. The van der Waals surface area contributed by atoms with Crippen molar-refractivity contribution in [2.24, 2.45) is 34.8 Å². The summed E-state index contributed by atoms with van der Waals surface area (Å²) in [4.78, 5) is 67.2. The van der Waals surface area contributed by atoms with Gasteiger partial charge in [0, 0.05) is 29.6 Å². The highest BCUT2D eigenvalue weighted by molar-refractivity contribution is 6.32. The Morgan fingerprint density at radius 3 is 2.38 bits per heavy atom. The number of amides is 1. The fourth-order valence-corrected chi connectivity index (χ4v) is 6.41. The van der Waals surface area contributed by atoms with E-state index in [0.717, 1.165) is 6.07 Å². The lowest BCUT2D eigenvalue weighted by Gasteiger charge is -2.52. The normalized spacial score (nSPS) is 31.6. The van der Waals surface area contributed by atoms with Crippen molar-refractivity contribution in [3.63, 3.8) is 0 Å². The number of rotatable bonds is 5. The molecular formula is C28H36FN3O7. The number of aliphatic hydroxyl groups is 1. The summed E-state index contributed by atoms with van der Waals surface area (Å²) in [6, 6.07) is -0.0579. The minimum absolute atomic E-state index is 0.00306. The first-order chi connectivity index (χ1) is 17.9. The molecule has 1 amide bonds. The van der Waals surface area contributed by atoms with Crippen LogP contribution in [0.5, 0.6) is 5.75 Å². The number of hydrogen-bond acceptors (Lipinski definition) is 9. The summed E-state index contributed by atoms with van der Waals surface area (Å²) in [7, 11) is 3.01. The molecule has 5 N–H and O–H groups in total. The standard InChI is InChI=1S/C28H36FN3O7/c1-11(27(2,3)4)31-10-13-9-16(33)18-14(20(13)29)7-12-8-15-21(32(5)6)23(35)19(26(30)38)25(37)28(15,39)24(36)17(12)22(18)34/h9,11-12,15,17,19,21,31,33,39H,7-8,10H2,1-6H3,(H2,30,38)/t11-,12+,15+,17?,19?,21+,28+/m1/s1. The van der Waals surface area contributed by atoms with Gasteiger partial charge in [0.15, 0.2) is 34.7 Å². The fourth-order valence-electron chi connectivity index (χ4n) is 6.41. The number of nitrogens with two attached hydrogens (primary N) is 1. The predicted octanol–water partition coefficient (Wildman–Crippen LogP) is 0.530. The molecule has 7 atom stereocenters. The van der Waals surface area contributed by atoms with Crippen LogP contribution in [0, 0.1) is 34.9 Å². The average molecular weight is 546 g/mol. The quantitative estimate of drug-likeness (QED) is 0.386. The van der Waals surface area contributed by atoms with E-state index in [-0.39, 0.29) is 47.5 Å². The topological polar surface area (TPSA) is 167 Å². The molecule has 0 saturated heterocycles. The van der Waals surface area contributed by atoms with Crippen LogP contribution < -0.4 is 11.1 Å². The maximum Gasteiger partial charge on any atom is 0.235 e. The van der Waals surface area contributed by atoms with Crippen LogP contribution in [0.1, 0.15) is 55.6 Å². The molecule has 3 aliphatic carbocycles. The van der Waals surface area contributed by atoms with Gasteiger partial charge in [-0.2, -0.15) is 0 Å². The first-order valence-corrected chi connectivity index (χ1v) is 13.1. The van der Waals surface area contributed by atoms with E-state index in [1.807, 2.05) is 27.7 Å². The molecule has 0 radical (unpaired) electrons. The number of likely N-dealkylation sites (N-methyl/N-ethyl adjacent to an activating group) is 1. The third-order valence-electron chi connectivity index (χ3n) is 8.97. The van der Waals surface area contributed by atoms with Gasteiger partial charge < -0.3 is 21.3 Å². The number of Topliss-reactive ketones (excluding diaryl/α,β-unsaturated/α-hetero) is 4. The van der Waals surface area contributed by atoms with Crippen LogP contribution in [0.2, 0.25) is 0 Å². The molecule has 0 heterocycles. The largest absolute Gasteiger partial charge is 0.507 e. The van der Waals surface area contributed by atoms with Crippen LogP contribution in [0.25, 0.3) is 0 Å². The second kappa shape index (κ2) is 9.57. The molecule has 2 fully saturated rings. The molecule has 212 valence electrons.